The van der Waals surface area contributed by atoms with Gasteiger partial charge < -0.3 is 15.4 Å². The van der Waals surface area contributed by atoms with Crippen LogP contribution in [-0.4, -0.2) is 50.8 Å². The Bertz CT molecular complexity index is 1050. The Hall–Kier alpha value is -2.74. The van der Waals surface area contributed by atoms with Crippen LogP contribution in [0.3, 0.4) is 0 Å². The summed E-state index contributed by atoms with van der Waals surface area (Å²) in [6, 6.07) is 4.24. The Labute approximate surface area is 176 Å². The molecule has 158 valence electrons. The average molecular weight is 408 g/mol. The van der Waals surface area contributed by atoms with Crippen molar-refractivity contribution in [1.82, 2.24) is 29.9 Å². The summed E-state index contributed by atoms with van der Waals surface area (Å²) in [4.78, 5) is 13.7. The molecule has 0 aromatic carbocycles. The SMILES string of the molecule is COc1cc2ncc(-c3ccnc(N[C@@H]4CCCNC4)n3)n2nc1C1CC(C)(C)C1. The fourth-order valence-corrected chi connectivity index (χ4v) is 4.73. The van der Waals surface area contributed by atoms with E-state index in [0.29, 0.717) is 23.3 Å². The number of hydrogen-bond acceptors (Lipinski definition) is 7. The molecular weight excluding hydrogens is 378 g/mol. The number of piperidine rings is 1. The molecule has 1 saturated carbocycles. The van der Waals surface area contributed by atoms with Crippen LogP contribution in [-0.2, 0) is 0 Å². The predicted octanol–water partition coefficient (Wildman–Crippen LogP) is 3.26. The van der Waals surface area contributed by atoms with Crippen LogP contribution in [0.1, 0.15) is 51.1 Å². The zero-order chi connectivity index (χ0) is 20.7. The van der Waals surface area contributed by atoms with Crippen LogP contribution in [0.15, 0.2) is 24.5 Å². The van der Waals surface area contributed by atoms with Crippen LogP contribution in [0.4, 0.5) is 5.95 Å². The van der Waals surface area contributed by atoms with E-state index in [2.05, 4.69) is 34.4 Å². The molecule has 0 unspecified atom stereocenters. The van der Waals surface area contributed by atoms with E-state index in [4.69, 9.17) is 14.8 Å². The second kappa shape index (κ2) is 7.50. The number of hydrogen-bond donors (Lipinski definition) is 2. The monoisotopic (exact) mass is 407 g/mol. The van der Waals surface area contributed by atoms with Crippen molar-refractivity contribution in [3.63, 3.8) is 0 Å². The van der Waals surface area contributed by atoms with E-state index in [1.165, 1.54) is 0 Å². The van der Waals surface area contributed by atoms with E-state index in [1.54, 1.807) is 13.3 Å². The average Bonchev–Trinajstić information content (AvgIpc) is 3.15. The van der Waals surface area contributed by atoms with Gasteiger partial charge in [-0.3, -0.25) is 0 Å². The highest BCUT2D eigenvalue weighted by molar-refractivity contribution is 5.61. The van der Waals surface area contributed by atoms with Gasteiger partial charge in [0.05, 0.1) is 19.0 Å². The van der Waals surface area contributed by atoms with Gasteiger partial charge in [-0.05, 0) is 43.7 Å². The number of ether oxygens (including phenoxy) is 1. The van der Waals surface area contributed by atoms with Gasteiger partial charge in [-0.25, -0.2) is 19.5 Å². The van der Waals surface area contributed by atoms with Gasteiger partial charge >= 0.3 is 0 Å². The molecule has 3 aromatic rings. The van der Waals surface area contributed by atoms with Crippen molar-refractivity contribution in [3.05, 3.63) is 30.2 Å². The fourth-order valence-electron chi connectivity index (χ4n) is 4.73. The lowest BCUT2D eigenvalue weighted by Crippen LogP contribution is -2.38. The van der Waals surface area contributed by atoms with E-state index >= 15 is 0 Å². The molecule has 3 aromatic heterocycles. The number of imidazole rings is 1. The van der Waals surface area contributed by atoms with Crippen LogP contribution in [0.2, 0.25) is 0 Å². The Morgan fingerprint density at radius 3 is 2.87 bits per heavy atom. The maximum atomic E-state index is 5.64. The smallest absolute Gasteiger partial charge is 0.223 e. The molecular formula is C22H29N7O. The summed E-state index contributed by atoms with van der Waals surface area (Å²) in [6.45, 7) is 6.62. The van der Waals surface area contributed by atoms with Crippen molar-refractivity contribution >= 4 is 11.6 Å². The molecule has 0 radical (unpaired) electrons. The molecule has 1 saturated heterocycles. The first-order chi connectivity index (χ1) is 14.5. The van der Waals surface area contributed by atoms with Crippen molar-refractivity contribution in [1.29, 1.82) is 0 Å². The fraction of sp³-hybridized carbons (Fsp3) is 0.545. The van der Waals surface area contributed by atoms with Gasteiger partial charge in [0, 0.05) is 30.8 Å². The Morgan fingerprint density at radius 1 is 1.27 bits per heavy atom. The van der Waals surface area contributed by atoms with E-state index < -0.39 is 0 Å². The van der Waals surface area contributed by atoms with Gasteiger partial charge in [0.25, 0.3) is 0 Å². The maximum Gasteiger partial charge on any atom is 0.223 e. The normalized spacial score (nSPS) is 21.4. The van der Waals surface area contributed by atoms with Crippen LogP contribution in [0.25, 0.3) is 17.0 Å². The molecule has 1 atom stereocenters. The number of fused-ring (bicyclic) bond motifs is 1. The first-order valence-electron chi connectivity index (χ1n) is 10.8. The Balaban J connectivity index is 1.48. The van der Waals surface area contributed by atoms with Crippen molar-refractivity contribution in [2.75, 3.05) is 25.5 Å². The van der Waals surface area contributed by atoms with Crippen LogP contribution in [0, 0.1) is 5.41 Å². The van der Waals surface area contributed by atoms with Crippen LogP contribution >= 0.6 is 0 Å². The van der Waals surface area contributed by atoms with E-state index in [9.17, 15) is 0 Å². The molecule has 0 spiro atoms. The van der Waals surface area contributed by atoms with E-state index in [1.807, 2.05) is 22.8 Å². The molecule has 30 heavy (non-hydrogen) atoms. The molecule has 8 heteroatoms. The summed E-state index contributed by atoms with van der Waals surface area (Å²) in [7, 11) is 1.70. The van der Waals surface area contributed by atoms with Gasteiger partial charge in [-0.1, -0.05) is 13.8 Å². The van der Waals surface area contributed by atoms with Gasteiger partial charge in [-0.15, -0.1) is 0 Å². The highest BCUT2D eigenvalue weighted by Gasteiger charge is 2.39. The summed E-state index contributed by atoms with van der Waals surface area (Å²) in [6.07, 6.45) is 8.13. The van der Waals surface area contributed by atoms with Gasteiger partial charge in [-0.2, -0.15) is 5.10 Å². The molecule has 1 aliphatic heterocycles. The zero-order valence-corrected chi connectivity index (χ0v) is 17.9. The van der Waals surface area contributed by atoms with Crippen LogP contribution in [0.5, 0.6) is 5.75 Å². The number of anilines is 1. The third-order valence-corrected chi connectivity index (χ3v) is 6.24. The largest absolute Gasteiger partial charge is 0.495 e. The van der Waals surface area contributed by atoms with Gasteiger partial charge in [0.15, 0.2) is 5.65 Å². The molecule has 0 bridgehead atoms. The number of nitrogens with zero attached hydrogens (tertiary/aromatic N) is 5. The molecule has 5 rings (SSSR count). The number of rotatable bonds is 5. The topological polar surface area (TPSA) is 89.3 Å². The predicted molar refractivity (Wildman–Crippen MR) is 116 cm³/mol. The minimum Gasteiger partial charge on any atom is -0.495 e. The molecule has 4 heterocycles. The third-order valence-electron chi connectivity index (χ3n) is 6.24. The second-order valence-corrected chi connectivity index (χ2v) is 9.23. The van der Waals surface area contributed by atoms with Crippen molar-refractivity contribution in [2.45, 2.75) is 51.5 Å². The molecule has 2 fully saturated rings. The third kappa shape index (κ3) is 3.60. The molecule has 2 N–H and O–H groups in total. The Kier molecular flexibility index (Phi) is 4.81. The highest BCUT2D eigenvalue weighted by Crippen LogP contribution is 2.51. The molecule has 1 aliphatic carbocycles. The lowest BCUT2D eigenvalue weighted by atomic mass is 9.63. The summed E-state index contributed by atoms with van der Waals surface area (Å²) >= 11 is 0. The molecule has 2 aliphatic rings. The lowest BCUT2D eigenvalue weighted by Gasteiger charge is -2.42. The number of nitrogens with one attached hydrogen (secondary N) is 2. The second-order valence-electron chi connectivity index (χ2n) is 9.23. The molecule has 8 nitrogen and oxygen atoms in total. The zero-order valence-electron chi connectivity index (χ0n) is 17.9. The van der Waals surface area contributed by atoms with Gasteiger partial charge in [0.1, 0.15) is 17.1 Å². The number of aromatic nitrogens is 5. The summed E-state index contributed by atoms with van der Waals surface area (Å²) in [5.74, 6) is 1.87. The highest BCUT2D eigenvalue weighted by atomic mass is 16.5. The van der Waals surface area contributed by atoms with E-state index in [0.717, 1.165) is 67.3 Å². The van der Waals surface area contributed by atoms with Crippen molar-refractivity contribution in [3.8, 4) is 17.1 Å². The number of methoxy groups -OCH3 is 1. The quantitative estimate of drug-likeness (QED) is 0.671. The minimum atomic E-state index is 0.354. The maximum absolute atomic E-state index is 5.64. The first kappa shape index (κ1) is 19.2. The summed E-state index contributed by atoms with van der Waals surface area (Å²) in [5, 5.41) is 11.8. The lowest BCUT2D eigenvalue weighted by molar-refractivity contribution is 0.145. The van der Waals surface area contributed by atoms with Crippen molar-refractivity contribution < 1.29 is 4.74 Å². The van der Waals surface area contributed by atoms with Crippen LogP contribution < -0.4 is 15.4 Å². The Morgan fingerprint density at radius 2 is 2.13 bits per heavy atom. The van der Waals surface area contributed by atoms with Gasteiger partial charge in [0.2, 0.25) is 5.95 Å². The van der Waals surface area contributed by atoms with Crippen molar-refractivity contribution in [2.24, 2.45) is 5.41 Å². The van der Waals surface area contributed by atoms with E-state index in [-0.39, 0.29) is 0 Å². The first-order valence-corrected chi connectivity index (χ1v) is 10.8. The summed E-state index contributed by atoms with van der Waals surface area (Å²) in [5.41, 5.74) is 3.80. The molecule has 0 amide bonds. The summed E-state index contributed by atoms with van der Waals surface area (Å²) < 4.78 is 7.53. The standard InChI is InChI=1S/C22H29N7O/c1-22(2)10-14(11-22)20-18(30-3)9-19-25-13-17(29(19)28-20)16-6-8-24-21(27-16)26-15-5-4-7-23-12-15/h6,8-9,13-15,23H,4-5,7,10-12H2,1-3H3,(H,24,26,27)/t15-/m1/s1. The minimum absolute atomic E-state index is 0.354.